The molecule has 1 saturated heterocycles. The van der Waals surface area contributed by atoms with Gasteiger partial charge < -0.3 is 10.1 Å². The van der Waals surface area contributed by atoms with Crippen LogP contribution in [-0.2, 0) is 0 Å². The average molecular weight is 334 g/mol. The number of methoxy groups -OCH3 is 1. The van der Waals surface area contributed by atoms with E-state index in [-0.39, 0.29) is 6.04 Å². The van der Waals surface area contributed by atoms with Gasteiger partial charge in [-0.05, 0) is 59.6 Å². The molecule has 5 heteroatoms. The molecule has 0 spiro atoms. The number of ether oxygens (including phenoxy) is 1. The smallest absolute Gasteiger partial charge is 0.145 e. The van der Waals surface area contributed by atoms with Crippen molar-refractivity contribution in [2.45, 2.75) is 18.9 Å². The molecule has 2 heterocycles. The maximum Gasteiger partial charge on any atom is 0.145 e. The van der Waals surface area contributed by atoms with Crippen LogP contribution in [0.5, 0.6) is 5.75 Å². The molecule has 0 amide bonds. The lowest BCUT2D eigenvalue weighted by atomic mass is 10.1. The third-order valence-corrected chi connectivity index (χ3v) is 4.11. The SMILES string of the molecule is COc1ccc(-c2ccnc(C3CCCN3)n2)cc1Br. The first-order valence-electron chi connectivity index (χ1n) is 6.68. The van der Waals surface area contributed by atoms with E-state index >= 15 is 0 Å². The quantitative estimate of drug-likeness (QED) is 0.935. The number of hydrogen-bond donors (Lipinski definition) is 1. The van der Waals surface area contributed by atoms with Gasteiger partial charge in [-0.1, -0.05) is 0 Å². The van der Waals surface area contributed by atoms with Crippen molar-refractivity contribution < 1.29 is 4.74 Å². The van der Waals surface area contributed by atoms with Crippen LogP contribution in [-0.4, -0.2) is 23.6 Å². The summed E-state index contributed by atoms with van der Waals surface area (Å²) in [5, 5.41) is 3.43. The van der Waals surface area contributed by atoms with Crippen molar-refractivity contribution in [3.8, 4) is 17.0 Å². The Kier molecular flexibility index (Phi) is 3.98. The maximum absolute atomic E-state index is 5.25. The molecule has 20 heavy (non-hydrogen) atoms. The van der Waals surface area contributed by atoms with Gasteiger partial charge in [0.05, 0.1) is 23.3 Å². The van der Waals surface area contributed by atoms with Crippen molar-refractivity contribution in [2.24, 2.45) is 0 Å². The van der Waals surface area contributed by atoms with Crippen LogP contribution < -0.4 is 10.1 Å². The summed E-state index contributed by atoms with van der Waals surface area (Å²) in [6.07, 6.45) is 4.12. The van der Waals surface area contributed by atoms with Crippen molar-refractivity contribution in [2.75, 3.05) is 13.7 Å². The third kappa shape index (κ3) is 2.69. The van der Waals surface area contributed by atoms with E-state index in [1.165, 1.54) is 6.42 Å². The number of aromatic nitrogens is 2. The largest absolute Gasteiger partial charge is 0.496 e. The molecule has 1 aromatic carbocycles. The summed E-state index contributed by atoms with van der Waals surface area (Å²) in [4.78, 5) is 9.08. The first kappa shape index (κ1) is 13.5. The van der Waals surface area contributed by atoms with Crippen molar-refractivity contribution >= 4 is 15.9 Å². The Morgan fingerprint density at radius 2 is 2.25 bits per heavy atom. The van der Waals surface area contributed by atoms with Crippen molar-refractivity contribution in [1.29, 1.82) is 0 Å². The molecule has 1 unspecified atom stereocenters. The first-order chi connectivity index (χ1) is 9.78. The Morgan fingerprint density at radius 3 is 2.95 bits per heavy atom. The molecule has 1 aromatic heterocycles. The van der Waals surface area contributed by atoms with Gasteiger partial charge in [-0.3, -0.25) is 0 Å². The number of nitrogens with zero attached hydrogens (tertiary/aromatic N) is 2. The molecule has 0 aliphatic carbocycles. The summed E-state index contributed by atoms with van der Waals surface area (Å²) < 4.78 is 6.18. The molecular weight excluding hydrogens is 318 g/mol. The van der Waals surface area contributed by atoms with Gasteiger partial charge in [-0.15, -0.1) is 0 Å². The molecule has 1 aliphatic heterocycles. The number of rotatable bonds is 3. The van der Waals surface area contributed by atoms with Gasteiger partial charge in [0.15, 0.2) is 0 Å². The minimum atomic E-state index is 0.289. The number of nitrogens with one attached hydrogen (secondary N) is 1. The Bertz CT molecular complexity index is 612. The van der Waals surface area contributed by atoms with Gasteiger partial charge >= 0.3 is 0 Å². The standard InChI is InChI=1S/C15H16BrN3O/c1-20-14-5-4-10(9-11(14)16)12-6-8-18-15(19-12)13-3-2-7-17-13/h4-6,8-9,13,17H,2-3,7H2,1H3. The van der Waals surface area contributed by atoms with Gasteiger partial charge in [0.1, 0.15) is 11.6 Å². The van der Waals surface area contributed by atoms with Crippen LogP contribution in [0.1, 0.15) is 24.7 Å². The van der Waals surface area contributed by atoms with E-state index in [0.29, 0.717) is 0 Å². The zero-order chi connectivity index (χ0) is 13.9. The normalized spacial score (nSPS) is 18.2. The monoisotopic (exact) mass is 333 g/mol. The topological polar surface area (TPSA) is 47.0 Å². The first-order valence-corrected chi connectivity index (χ1v) is 7.47. The van der Waals surface area contributed by atoms with Crippen molar-refractivity contribution in [3.05, 3.63) is 40.8 Å². The Hall–Kier alpha value is -1.46. The highest BCUT2D eigenvalue weighted by Crippen LogP contribution is 2.30. The fourth-order valence-corrected chi connectivity index (χ4v) is 2.97. The second-order valence-corrected chi connectivity index (χ2v) is 5.65. The third-order valence-electron chi connectivity index (χ3n) is 3.49. The molecule has 0 radical (unpaired) electrons. The Balaban J connectivity index is 1.93. The van der Waals surface area contributed by atoms with E-state index in [2.05, 4.69) is 31.2 Å². The molecule has 104 valence electrons. The van der Waals surface area contributed by atoms with Crippen LogP contribution in [0.4, 0.5) is 0 Å². The lowest BCUT2D eigenvalue weighted by molar-refractivity contribution is 0.412. The highest BCUT2D eigenvalue weighted by atomic mass is 79.9. The molecular formula is C15H16BrN3O. The minimum Gasteiger partial charge on any atom is -0.496 e. The van der Waals surface area contributed by atoms with E-state index in [0.717, 1.165) is 40.3 Å². The van der Waals surface area contributed by atoms with Crippen molar-refractivity contribution in [3.63, 3.8) is 0 Å². The molecule has 1 atom stereocenters. The van der Waals surface area contributed by atoms with Gasteiger partial charge in [-0.2, -0.15) is 0 Å². The Labute approximate surface area is 126 Å². The summed E-state index contributed by atoms with van der Waals surface area (Å²) >= 11 is 3.51. The molecule has 1 fully saturated rings. The summed E-state index contributed by atoms with van der Waals surface area (Å²) in [6, 6.07) is 8.20. The molecule has 2 aromatic rings. The zero-order valence-corrected chi connectivity index (χ0v) is 12.9. The molecule has 3 rings (SSSR count). The van der Waals surface area contributed by atoms with E-state index in [9.17, 15) is 0 Å². The molecule has 4 nitrogen and oxygen atoms in total. The van der Waals surface area contributed by atoms with Crippen LogP contribution in [0.15, 0.2) is 34.9 Å². The lowest BCUT2D eigenvalue weighted by Crippen LogP contribution is -2.15. The van der Waals surface area contributed by atoms with E-state index < -0.39 is 0 Å². The number of benzene rings is 1. The van der Waals surface area contributed by atoms with E-state index in [1.807, 2.05) is 30.5 Å². The summed E-state index contributed by atoms with van der Waals surface area (Å²) in [6.45, 7) is 1.05. The Morgan fingerprint density at radius 1 is 1.35 bits per heavy atom. The summed E-state index contributed by atoms with van der Waals surface area (Å²) in [5.41, 5.74) is 1.99. The van der Waals surface area contributed by atoms with Gasteiger partial charge in [0, 0.05) is 11.8 Å². The van der Waals surface area contributed by atoms with Crippen LogP contribution in [0.3, 0.4) is 0 Å². The van der Waals surface area contributed by atoms with Crippen LogP contribution in [0.25, 0.3) is 11.3 Å². The van der Waals surface area contributed by atoms with Gasteiger partial charge in [0.2, 0.25) is 0 Å². The fourth-order valence-electron chi connectivity index (χ4n) is 2.43. The second-order valence-electron chi connectivity index (χ2n) is 4.80. The zero-order valence-electron chi connectivity index (χ0n) is 11.3. The van der Waals surface area contributed by atoms with E-state index in [4.69, 9.17) is 4.74 Å². The molecule has 0 saturated carbocycles. The summed E-state index contributed by atoms with van der Waals surface area (Å²) in [5.74, 6) is 1.70. The van der Waals surface area contributed by atoms with Crippen LogP contribution in [0, 0.1) is 0 Å². The van der Waals surface area contributed by atoms with Gasteiger partial charge in [0.25, 0.3) is 0 Å². The maximum atomic E-state index is 5.25. The van der Waals surface area contributed by atoms with Crippen LogP contribution >= 0.6 is 15.9 Å². The minimum absolute atomic E-state index is 0.289. The van der Waals surface area contributed by atoms with Crippen molar-refractivity contribution in [1.82, 2.24) is 15.3 Å². The summed E-state index contributed by atoms with van der Waals surface area (Å²) in [7, 11) is 1.66. The second kappa shape index (κ2) is 5.89. The highest BCUT2D eigenvalue weighted by Gasteiger charge is 2.19. The van der Waals surface area contributed by atoms with Gasteiger partial charge in [-0.25, -0.2) is 9.97 Å². The molecule has 0 bridgehead atoms. The predicted molar refractivity (Wildman–Crippen MR) is 81.7 cm³/mol. The highest BCUT2D eigenvalue weighted by molar-refractivity contribution is 9.10. The number of halogens is 1. The lowest BCUT2D eigenvalue weighted by Gasteiger charge is -2.10. The molecule has 1 N–H and O–H groups in total. The van der Waals surface area contributed by atoms with Crippen LogP contribution in [0.2, 0.25) is 0 Å². The fraction of sp³-hybridized carbons (Fsp3) is 0.333. The molecule has 1 aliphatic rings. The predicted octanol–water partition coefficient (Wildman–Crippen LogP) is 3.34. The van der Waals surface area contributed by atoms with E-state index in [1.54, 1.807) is 7.11 Å². The number of hydrogen-bond acceptors (Lipinski definition) is 4. The average Bonchev–Trinajstić information content (AvgIpc) is 3.01.